The van der Waals surface area contributed by atoms with E-state index >= 15 is 0 Å². The molecule has 1 aromatic carbocycles. The first kappa shape index (κ1) is 18.7. The first-order valence-corrected chi connectivity index (χ1v) is 10.2. The quantitative estimate of drug-likeness (QED) is 0.840. The van der Waals surface area contributed by atoms with Gasteiger partial charge in [0.1, 0.15) is 5.82 Å². The van der Waals surface area contributed by atoms with Crippen molar-refractivity contribution in [3.05, 3.63) is 35.6 Å². The van der Waals surface area contributed by atoms with E-state index in [4.69, 9.17) is 4.74 Å². The number of benzene rings is 1. The number of morpholine rings is 1. The Labute approximate surface area is 153 Å². The van der Waals surface area contributed by atoms with E-state index in [0.29, 0.717) is 13.0 Å². The Kier molecular flexibility index (Phi) is 6.36. The van der Waals surface area contributed by atoms with Gasteiger partial charge in [0.15, 0.2) is 0 Å². The van der Waals surface area contributed by atoms with Crippen LogP contribution in [0.15, 0.2) is 24.3 Å². The molecule has 25 heavy (non-hydrogen) atoms. The van der Waals surface area contributed by atoms with E-state index in [1.165, 1.54) is 12.1 Å². The average Bonchev–Trinajstić information content (AvgIpc) is 3.11. The number of thioether (sulfide) groups is 1. The SMILES string of the molecule is C[C@H](CC(=O)NC[C@@]1(N2CCOCC2)CCSC1)c1ccc(F)cc1. The van der Waals surface area contributed by atoms with Gasteiger partial charge in [0.2, 0.25) is 5.91 Å². The van der Waals surface area contributed by atoms with Crippen molar-refractivity contribution in [1.29, 1.82) is 0 Å². The van der Waals surface area contributed by atoms with Crippen molar-refractivity contribution in [2.75, 3.05) is 44.4 Å². The minimum absolute atomic E-state index is 0.0707. The number of carbonyl (C=O) groups excluding carboxylic acids is 1. The van der Waals surface area contributed by atoms with Crippen molar-refractivity contribution in [1.82, 2.24) is 10.2 Å². The summed E-state index contributed by atoms with van der Waals surface area (Å²) in [6.45, 7) is 6.17. The third kappa shape index (κ3) is 4.74. The lowest BCUT2D eigenvalue weighted by molar-refractivity contribution is -0.122. The molecule has 4 nitrogen and oxygen atoms in total. The second kappa shape index (κ2) is 8.52. The molecule has 1 aromatic rings. The summed E-state index contributed by atoms with van der Waals surface area (Å²) in [5.74, 6) is 2.13. The standard InChI is InChI=1S/C19H27FN2O2S/c1-15(16-2-4-17(20)5-3-16)12-18(23)21-13-19(6-11-25-14-19)22-7-9-24-10-8-22/h2-5,15H,6-14H2,1H3,(H,21,23)/t15-,19+/m1/s1. The van der Waals surface area contributed by atoms with Gasteiger partial charge in [-0.15, -0.1) is 0 Å². The average molecular weight is 367 g/mol. The first-order chi connectivity index (χ1) is 12.1. The van der Waals surface area contributed by atoms with Crippen molar-refractivity contribution in [2.45, 2.75) is 31.2 Å². The molecule has 138 valence electrons. The van der Waals surface area contributed by atoms with Crippen molar-refractivity contribution in [3.8, 4) is 0 Å². The molecule has 2 aliphatic rings. The van der Waals surface area contributed by atoms with Crippen LogP contribution in [0.1, 0.15) is 31.2 Å². The summed E-state index contributed by atoms with van der Waals surface area (Å²) < 4.78 is 18.5. The number of carbonyl (C=O) groups is 1. The van der Waals surface area contributed by atoms with E-state index in [0.717, 1.165) is 49.8 Å². The van der Waals surface area contributed by atoms with Crippen LogP contribution in [0, 0.1) is 5.82 Å². The van der Waals surface area contributed by atoms with Crippen LogP contribution in [0.4, 0.5) is 4.39 Å². The molecule has 6 heteroatoms. The molecule has 2 aliphatic heterocycles. The maximum Gasteiger partial charge on any atom is 0.220 e. The fourth-order valence-corrected chi connectivity index (χ4v) is 5.13. The van der Waals surface area contributed by atoms with Gasteiger partial charge in [-0.2, -0.15) is 11.8 Å². The molecule has 0 spiro atoms. The van der Waals surface area contributed by atoms with E-state index in [9.17, 15) is 9.18 Å². The molecular formula is C19H27FN2O2S. The van der Waals surface area contributed by atoms with Gasteiger partial charge in [-0.25, -0.2) is 4.39 Å². The summed E-state index contributed by atoms with van der Waals surface area (Å²) >= 11 is 1.97. The maximum atomic E-state index is 13.0. The molecule has 0 bridgehead atoms. The highest BCUT2D eigenvalue weighted by Crippen LogP contribution is 2.33. The van der Waals surface area contributed by atoms with Gasteiger partial charge < -0.3 is 10.1 Å². The normalized spacial score (nSPS) is 25.7. The highest BCUT2D eigenvalue weighted by atomic mass is 32.2. The minimum Gasteiger partial charge on any atom is -0.379 e. The third-order valence-electron chi connectivity index (χ3n) is 5.31. The fourth-order valence-electron chi connectivity index (χ4n) is 3.66. The topological polar surface area (TPSA) is 41.6 Å². The number of nitrogens with one attached hydrogen (secondary N) is 1. The molecule has 0 aromatic heterocycles. The lowest BCUT2D eigenvalue weighted by Crippen LogP contribution is -2.59. The molecule has 0 radical (unpaired) electrons. The lowest BCUT2D eigenvalue weighted by Gasteiger charge is -2.43. The second-order valence-electron chi connectivity index (χ2n) is 7.06. The zero-order valence-electron chi connectivity index (χ0n) is 14.8. The van der Waals surface area contributed by atoms with Gasteiger partial charge in [0, 0.05) is 37.3 Å². The number of halogens is 1. The monoisotopic (exact) mass is 366 g/mol. The van der Waals surface area contributed by atoms with Gasteiger partial charge in [-0.1, -0.05) is 19.1 Å². The Morgan fingerprint density at radius 1 is 1.36 bits per heavy atom. The van der Waals surface area contributed by atoms with Gasteiger partial charge in [0.05, 0.1) is 13.2 Å². The summed E-state index contributed by atoms with van der Waals surface area (Å²) in [5.41, 5.74) is 1.07. The number of ether oxygens (including phenoxy) is 1. The molecule has 1 N–H and O–H groups in total. The van der Waals surface area contributed by atoms with Gasteiger partial charge in [-0.3, -0.25) is 9.69 Å². The van der Waals surface area contributed by atoms with Crippen molar-refractivity contribution in [2.24, 2.45) is 0 Å². The van der Waals surface area contributed by atoms with Gasteiger partial charge >= 0.3 is 0 Å². The summed E-state index contributed by atoms with van der Waals surface area (Å²) in [5, 5.41) is 3.17. The van der Waals surface area contributed by atoms with Crippen LogP contribution in [0.2, 0.25) is 0 Å². The Bertz CT molecular complexity index is 569. The van der Waals surface area contributed by atoms with Crippen molar-refractivity contribution >= 4 is 17.7 Å². The molecule has 2 saturated heterocycles. The zero-order valence-corrected chi connectivity index (χ0v) is 15.6. The summed E-state index contributed by atoms with van der Waals surface area (Å²) in [6, 6.07) is 6.42. The third-order valence-corrected chi connectivity index (χ3v) is 6.54. The van der Waals surface area contributed by atoms with E-state index in [-0.39, 0.29) is 23.2 Å². The second-order valence-corrected chi connectivity index (χ2v) is 8.16. The van der Waals surface area contributed by atoms with E-state index in [1.54, 1.807) is 12.1 Å². The predicted molar refractivity (Wildman–Crippen MR) is 99.5 cm³/mol. The summed E-state index contributed by atoms with van der Waals surface area (Å²) in [4.78, 5) is 14.9. The predicted octanol–water partition coefficient (Wildman–Crippen LogP) is 2.64. The summed E-state index contributed by atoms with van der Waals surface area (Å²) in [6.07, 6.45) is 1.55. The molecular weight excluding hydrogens is 339 g/mol. The summed E-state index contributed by atoms with van der Waals surface area (Å²) in [7, 11) is 0. The molecule has 1 amide bonds. The molecule has 0 unspecified atom stereocenters. The van der Waals surface area contributed by atoms with E-state index in [1.807, 2.05) is 18.7 Å². The van der Waals surface area contributed by atoms with Crippen molar-refractivity contribution in [3.63, 3.8) is 0 Å². The van der Waals surface area contributed by atoms with E-state index in [2.05, 4.69) is 10.2 Å². The number of hydrogen-bond donors (Lipinski definition) is 1. The minimum atomic E-state index is -0.244. The van der Waals surface area contributed by atoms with Crippen LogP contribution >= 0.6 is 11.8 Å². The molecule has 2 fully saturated rings. The molecule has 3 rings (SSSR count). The highest BCUT2D eigenvalue weighted by molar-refractivity contribution is 7.99. The van der Waals surface area contributed by atoms with E-state index < -0.39 is 0 Å². The number of amides is 1. The van der Waals surface area contributed by atoms with Gasteiger partial charge in [0.25, 0.3) is 0 Å². The van der Waals surface area contributed by atoms with Crippen LogP contribution in [0.25, 0.3) is 0 Å². The molecule has 0 saturated carbocycles. The lowest BCUT2D eigenvalue weighted by atomic mass is 9.94. The number of rotatable bonds is 6. The van der Waals surface area contributed by atoms with Gasteiger partial charge in [-0.05, 0) is 35.8 Å². The maximum absolute atomic E-state index is 13.0. The van der Waals surface area contributed by atoms with Crippen LogP contribution < -0.4 is 5.32 Å². The molecule has 2 heterocycles. The zero-order chi connectivity index (χ0) is 17.7. The Hall–Kier alpha value is -1.11. The Morgan fingerprint density at radius 3 is 2.72 bits per heavy atom. The van der Waals surface area contributed by atoms with Crippen LogP contribution in [-0.4, -0.2) is 60.7 Å². The smallest absolute Gasteiger partial charge is 0.220 e. The molecule has 2 atom stereocenters. The largest absolute Gasteiger partial charge is 0.379 e. The Balaban J connectivity index is 1.53. The molecule has 0 aliphatic carbocycles. The number of hydrogen-bond acceptors (Lipinski definition) is 4. The Morgan fingerprint density at radius 2 is 2.08 bits per heavy atom. The van der Waals surface area contributed by atoms with Crippen molar-refractivity contribution < 1.29 is 13.9 Å². The highest BCUT2D eigenvalue weighted by Gasteiger charge is 2.40. The van der Waals surface area contributed by atoms with Crippen LogP contribution in [0.3, 0.4) is 0 Å². The van der Waals surface area contributed by atoms with Crippen LogP contribution in [0.5, 0.6) is 0 Å². The number of nitrogens with zero attached hydrogens (tertiary/aromatic N) is 1. The van der Waals surface area contributed by atoms with Crippen LogP contribution in [-0.2, 0) is 9.53 Å². The fraction of sp³-hybridized carbons (Fsp3) is 0.632. The first-order valence-electron chi connectivity index (χ1n) is 9.02.